The first-order valence-corrected chi connectivity index (χ1v) is 7.04. The summed E-state index contributed by atoms with van der Waals surface area (Å²) in [4.78, 5) is 17.0. The number of benzene rings is 1. The summed E-state index contributed by atoms with van der Waals surface area (Å²) >= 11 is 0. The van der Waals surface area contributed by atoms with E-state index in [-0.39, 0.29) is 10.6 Å². The number of hydrogen-bond acceptors (Lipinski definition) is 5. The number of aryl methyl sites for hydroxylation is 1. The van der Waals surface area contributed by atoms with Gasteiger partial charge in [0, 0.05) is 25.4 Å². The van der Waals surface area contributed by atoms with Crippen molar-refractivity contribution in [1.82, 2.24) is 4.98 Å². The molecule has 0 atom stereocenters. The molecule has 22 heavy (non-hydrogen) atoms. The van der Waals surface area contributed by atoms with Crippen LogP contribution in [0.1, 0.15) is 18.1 Å². The van der Waals surface area contributed by atoms with Gasteiger partial charge in [0.15, 0.2) is 0 Å². The van der Waals surface area contributed by atoms with Gasteiger partial charge in [-0.05, 0) is 37.1 Å². The van der Waals surface area contributed by atoms with Crippen molar-refractivity contribution in [2.75, 3.05) is 18.6 Å². The summed E-state index contributed by atoms with van der Waals surface area (Å²) in [6.07, 6.45) is 1.65. The Hall–Kier alpha value is -2.63. The van der Waals surface area contributed by atoms with Crippen LogP contribution in [0.15, 0.2) is 36.5 Å². The van der Waals surface area contributed by atoms with Gasteiger partial charge < -0.3 is 9.64 Å². The lowest BCUT2D eigenvalue weighted by atomic mass is 10.2. The molecular formula is C16H19N3O3. The van der Waals surface area contributed by atoms with E-state index in [1.807, 2.05) is 36.1 Å². The molecule has 0 radical (unpaired) electrons. The summed E-state index contributed by atoms with van der Waals surface area (Å²) in [5, 5.41) is 11.3. The fraction of sp³-hybridized carbons (Fsp3) is 0.312. The maximum Gasteiger partial charge on any atom is 0.311 e. The van der Waals surface area contributed by atoms with E-state index in [4.69, 9.17) is 4.74 Å². The van der Waals surface area contributed by atoms with Gasteiger partial charge in [-0.3, -0.25) is 10.1 Å². The summed E-state index contributed by atoms with van der Waals surface area (Å²) < 4.78 is 5.13. The SMILES string of the molecule is CCN(Cc1ccc(OC)cc1)c1ncc(C)cc1[N+](=O)[O-]. The summed E-state index contributed by atoms with van der Waals surface area (Å²) in [5.74, 6) is 1.18. The smallest absolute Gasteiger partial charge is 0.311 e. The number of anilines is 1. The maximum absolute atomic E-state index is 11.3. The molecule has 0 saturated carbocycles. The van der Waals surface area contributed by atoms with Crippen molar-refractivity contribution in [2.24, 2.45) is 0 Å². The van der Waals surface area contributed by atoms with Crippen LogP contribution in [0.3, 0.4) is 0 Å². The van der Waals surface area contributed by atoms with Crippen molar-refractivity contribution in [3.63, 3.8) is 0 Å². The number of nitro groups is 1. The highest BCUT2D eigenvalue weighted by Gasteiger charge is 2.20. The van der Waals surface area contributed by atoms with E-state index in [1.165, 1.54) is 0 Å². The number of methoxy groups -OCH3 is 1. The third-order valence-electron chi connectivity index (χ3n) is 3.39. The van der Waals surface area contributed by atoms with E-state index < -0.39 is 0 Å². The summed E-state index contributed by atoms with van der Waals surface area (Å²) in [5.41, 5.74) is 1.85. The largest absolute Gasteiger partial charge is 0.497 e. The van der Waals surface area contributed by atoms with Crippen molar-refractivity contribution in [1.29, 1.82) is 0 Å². The lowest BCUT2D eigenvalue weighted by Crippen LogP contribution is -2.24. The van der Waals surface area contributed by atoms with E-state index in [0.29, 0.717) is 18.9 Å². The van der Waals surface area contributed by atoms with Crippen LogP contribution >= 0.6 is 0 Å². The number of nitrogens with zero attached hydrogens (tertiary/aromatic N) is 3. The summed E-state index contributed by atoms with van der Waals surface area (Å²) in [7, 11) is 1.62. The Balaban J connectivity index is 2.29. The van der Waals surface area contributed by atoms with Crippen LogP contribution in [0.4, 0.5) is 11.5 Å². The van der Waals surface area contributed by atoms with Gasteiger partial charge in [0.1, 0.15) is 5.75 Å². The van der Waals surface area contributed by atoms with Crippen LogP contribution in [0.5, 0.6) is 5.75 Å². The molecule has 1 aromatic carbocycles. The highest BCUT2D eigenvalue weighted by molar-refractivity contribution is 5.58. The van der Waals surface area contributed by atoms with Gasteiger partial charge in [-0.25, -0.2) is 4.98 Å². The predicted molar refractivity (Wildman–Crippen MR) is 85.3 cm³/mol. The monoisotopic (exact) mass is 301 g/mol. The Morgan fingerprint density at radius 2 is 2.00 bits per heavy atom. The molecular weight excluding hydrogens is 282 g/mol. The molecule has 0 N–H and O–H groups in total. The van der Waals surface area contributed by atoms with Crippen LogP contribution < -0.4 is 9.64 Å². The summed E-state index contributed by atoms with van der Waals surface area (Å²) in [6, 6.07) is 9.20. The Labute approximate surface area is 129 Å². The average molecular weight is 301 g/mol. The highest BCUT2D eigenvalue weighted by Crippen LogP contribution is 2.27. The lowest BCUT2D eigenvalue weighted by Gasteiger charge is -2.22. The van der Waals surface area contributed by atoms with Gasteiger partial charge in [0.05, 0.1) is 12.0 Å². The quantitative estimate of drug-likeness (QED) is 0.604. The number of ether oxygens (including phenoxy) is 1. The number of aromatic nitrogens is 1. The molecule has 116 valence electrons. The zero-order valence-corrected chi connectivity index (χ0v) is 12.9. The van der Waals surface area contributed by atoms with E-state index in [1.54, 1.807) is 26.3 Å². The molecule has 0 aliphatic heterocycles. The van der Waals surface area contributed by atoms with Gasteiger partial charge in [-0.2, -0.15) is 0 Å². The van der Waals surface area contributed by atoms with E-state index >= 15 is 0 Å². The average Bonchev–Trinajstić information content (AvgIpc) is 2.53. The van der Waals surface area contributed by atoms with Crippen molar-refractivity contribution in [2.45, 2.75) is 20.4 Å². The normalized spacial score (nSPS) is 10.3. The molecule has 6 heteroatoms. The standard InChI is InChI=1S/C16H19N3O3/c1-4-18(11-13-5-7-14(22-3)8-6-13)16-15(19(20)21)9-12(2)10-17-16/h5-10H,4,11H2,1-3H3. The van der Waals surface area contributed by atoms with Gasteiger partial charge in [0.25, 0.3) is 0 Å². The minimum absolute atomic E-state index is 0.0374. The first-order chi connectivity index (χ1) is 10.5. The Kier molecular flexibility index (Phi) is 4.93. The third-order valence-corrected chi connectivity index (χ3v) is 3.39. The van der Waals surface area contributed by atoms with Crippen molar-refractivity contribution >= 4 is 11.5 Å². The summed E-state index contributed by atoms with van der Waals surface area (Å²) in [6.45, 7) is 4.93. The second-order valence-corrected chi connectivity index (χ2v) is 4.97. The van der Waals surface area contributed by atoms with Crippen LogP contribution in [-0.4, -0.2) is 23.6 Å². The molecule has 0 saturated heterocycles. The highest BCUT2D eigenvalue weighted by atomic mass is 16.6. The fourth-order valence-electron chi connectivity index (χ4n) is 2.21. The molecule has 0 amide bonds. The second kappa shape index (κ2) is 6.89. The predicted octanol–water partition coefficient (Wildman–Crippen LogP) is 3.33. The molecule has 0 aliphatic carbocycles. The number of pyridine rings is 1. The number of rotatable bonds is 6. The van der Waals surface area contributed by atoms with Gasteiger partial charge >= 0.3 is 5.69 Å². The number of hydrogen-bond donors (Lipinski definition) is 0. The van der Waals surface area contributed by atoms with Crippen molar-refractivity contribution in [3.05, 3.63) is 57.8 Å². The van der Waals surface area contributed by atoms with Gasteiger partial charge in [0.2, 0.25) is 5.82 Å². The van der Waals surface area contributed by atoms with E-state index in [0.717, 1.165) is 16.9 Å². The topological polar surface area (TPSA) is 68.5 Å². The molecule has 2 aromatic rings. The lowest BCUT2D eigenvalue weighted by molar-refractivity contribution is -0.384. The van der Waals surface area contributed by atoms with E-state index in [2.05, 4.69) is 4.98 Å². The van der Waals surface area contributed by atoms with Crippen LogP contribution in [0, 0.1) is 17.0 Å². The van der Waals surface area contributed by atoms with Gasteiger partial charge in [-0.15, -0.1) is 0 Å². The first-order valence-electron chi connectivity index (χ1n) is 7.04. The third kappa shape index (κ3) is 3.52. The van der Waals surface area contributed by atoms with Gasteiger partial charge in [-0.1, -0.05) is 12.1 Å². The Bertz CT molecular complexity index is 656. The molecule has 0 unspecified atom stereocenters. The zero-order valence-electron chi connectivity index (χ0n) is 12.9. The minimum atomic E-state index is -0.383. The molecule has 0 bridgehead atoms. The molecule has 1 aromatic heterocycles. The maximum atomic E-state index is 11.3. The first kappa shape index (κ1) is 15.8. The van der Waals surface area contributed by atoms with Crippen LogP contribution in [-0.2, 0) is 6.54 Å². The Morgan fingerprint density at radius 3 is 2.55 bits per heavy atom. The molecule has 6 nitrogen and oxygen atoms in total. The van der Waals surface area contributed by atoms with Crippen molar-refractivity contribution < 1.29 is 9.66 Å². The minimum Gasteiger partial charge on any atom is -0.497 e. The Morgan fingerprint density at radius 1 is 1.32 bits per heavy atom. The van der Waals surface area contributed by atoms with Crippen LogP contribution in [0.25, 0.3) is 0 Å². The molecule has 1 heterocycles. The second-order valence-electron chi connectivity index (χ2n) is 4.97. The fourth-order valence-corrected chi connectivity index (χ4v) is 2.21. The molecule has 2 rings (SSSR count). The van der Waals surface area contributed by atoms with E-state index in [9.17, 15) is 10.1 Å². The molecule has 0 aliphatic rings. The van der Waals surface area contributed by atoms with Crippen molar-refractivity contribution in [3.8, 4) is 5.75 Å². The molecule has 0 fully saturated rings. The van der Waals surface area contributed by atoms with Crippen LogP contribution in [0.2, 0.25) is 0 Å². The molecule has 0 spiro atoms. The zero-order chi connectivity index (χ0) is 16.1.